The molecule has 0 radical (unpaired) electrons. The van der Waals surface area contributed by atoms with E-state index in [1.54, 1.807) is 6.92 Å². The second kappa shape index (κ2) is 15.4. The summed E-state index contributed by atoms with van der Waals surface area (Å²) >= 11 is 0. The van der Waals surface area contributed by atoms with E-state index in [0.29, 0.717) is 42.7 Å². The molecule has 7 nitrogen and oxygen atoms in total. The quantitative estimate of drug-likeness (QED) is 0.122. The Morgan fingerprint density at radius 1 is 0.911 bits per heavy atom. The van der Waals surface area contributed by atoms with Crippen molar-refractivity contribution in [1.29, 1.82) is 0 Å². The van der Waals surface area contributed by atoms with E-state index in [4.69, 9.17) is 10.5 Å². The monoisotopic (exact) mass is 632 g/mol. The Kier molecular flexibility index (Phi) is 12.5. The summed E-state index contributed by atoms with van der Waals surface area (Å²) < 4.78 is 6.25. The molecule has 45 heavy (non-hydrogen) atoms. The maximum atomic E-state index is 14.2. The Morgan fingerprint density at radius 2 is 1.62 bits per heavy atom. The molecule has 4 aliphatic rings. The molecule has 4 aliphatic carbocycles. The maximum absolute atomic E-state index is 14.2. The third-order valence-corrected chi connectivity index (χ3v) is 14.1. The van der Waals surface area contributed by atoms with Crippen LogP contribution in [0.15, 0.2) is 0 Å². The highest BCUT2D eigenvalue weighted by molar-refractivity contribution is 5.79. The molecule has 0 spiro atoms. The molecule has 11 atom stereocenters. The number of aliphatic hydroxyl groups is 1. The molecule has 1 amide bonds. The van der Waals surface area contributed by atoms with Gasteiger partial charge in [-0.15, -0.1) is 0 Å². The van der Waals surface area contributed by atoms with Crippen molar-refractivity contribution >= 4 is 11.9 Å². The zero-order chi connectivity index (χ0) is 33.0. The number of rotatable bonds is 15. The standard InChI is InChI=1S/C38H69N3O4/c1-25(2)12-10-13-28(35(44)41-23-9-8-21-40-22-11-20-39)34-30-14-15-33-36(5)18-17-31(43)26(3)29(36)16-19-37(33,6)38(30,7)24-32(34)45-27(4)42/h25-26,28-34,40,43H,8-24,39H2,1-7H3,(H,41,44)/t26-,28-,29?,30?,31+,32-,33?,34-,36-,37-,38-/m0/s1. The van der Waals surface area contributed by atoms with Crippen LogP contribution in [0.3, 0.4) is 0 Å². The number of carbonyl (C=O) groups excluding carboxylic acids is 2. The highest BCUT2D eigenvalue weighted by Gasteiger charge is 2.70. The molecule has 0 aliphatic heterocycles. The number of aliphatic hydroxyl groups excluding tert-OH is 1. The molecule has 260 valence electrons. The van der Waals surface area contributed by atoms with E-state index in [-0.39, 0.29) is 52.2 Å². The summed E-state index contributed by atoms with van der Waals surface area (Å²) in [6.45, 7) is 19.2. The van der Waals surface area contributed by atoms with E-state index in [1.165, 1.54) is 6.42 Å². The van der Waals surface area contributed by atoms with Gasteiger partial charge in [-0.3, -0.25) is 9.59 Å². The molecule has 0 aromatic rings. The summed E-state index contributed by atoms with van der Waals surface area (Å²) in [4.78, 5) is 26.8. The van der Waals surface area contributed by atoms with Gasteiger partial charge in [0.1, 0.15) is 6.10 Å². The minimum Gasteiger partial charge on any atom is -0.462 e. The first-order valence-corrected chi connectivity index (χ1v) is 18.8. The SMILES string of the molecule is CC(=O)O[C@H]1C[C@@]2(C)C(CCC3[C@@]4(C)CC[C@@H](O)[C@@H](C)C4CC[C@@]32C)[C@@H]1[C@H](CCCC(C)C)C(=O)NCCCCNCCCN. The number of nitrogens with one attached hydrogen (secondary N) is 2. The lowest BCUT2D eigenvalue weighted by Gasteiger charge is -2.68. The average Bonchev–Trinajstić information content (AvgIpc) is 3.26. The molecule has 0 aromatic carbocycles. The van der Waals surface area contributed by atoms with E-state index < -0.39 is 0 Å². The first-order valence-electron chi connectivity index (χ1n) is 18.8. The summed E-state index contributed by atoms with van der Waals surface area (Å²) in [5, 5.41) is 17.6. The summed E-state index contributed by atoms with van der Waals surface area (Å²) in [5.74, 6) is 2.31. The number of ether oxygens (including phenoxy) is 1. The van der Waals surface area contributed by atoms with Crippen LogP contribution < -0.4 is 16.4 Å². The molecular formula is C38H69N3O4. The van der Waals surface area contributed by atoms with Crippen molar-refractivity contribution in [3.8, 4) is 0 Å². The van der Waals surface area contributed by atoms with Crippen LogP contribution in [-0.2, 0) is 14.3 Å². The molecule has 4 saturated carbocycles. The summed E-state index contributed by atoms with van der Waals surface area (Å²) in [7, 11) is 0. The molecule has 0 heterocycles. The Morgan fingerprint density at radius 3 is 2.31 bits per heavy atom. The van der Waals surface area contributed by atoms with Crippen LogP contribution in [0.5, 0.6) is 0 Å². The van der Waals surface area contributed by atoms with E-state index in [0.717, 1.165) is 90.1 Å². The van der Waals surface area contributed by atoms with Gasteiger partial charge in [0.05, 0.1) is 6.10 Å². The van der Waals surface area contributed by atoms with Crippen LogP contribution in [0.2, 0.25) is 0 Å². The topological polar surface area (TPSA) is 114 Å². The average molecular weight is 632 g/mol. The minimum absolute atomic E-state index is 0.000240. The zero-order valence-corrected chi connectivity index (χ0v) is 30.0. The fourth-order valence-electron chi connectivity index (χ4n) is 11.6. The van der Waals surface area contributed by atoms with E-state index in [9.17, 15) is 14.7 Å². The highest BCUT2D eigenvalue weighted by Crippen LogP contribution is 2.74. The zero-order valence-electron chi connectivity index (χ0n) is 30.0. The largest absolute Gasteiger partial charge is 0.462 e. The Bertz CT molecular complexity index is 990. The van der Waals surface area contributed by atoms with Crippen LogP contribution in [0.4, 0.5) is 0 Å². The molecule has 5 N–H and O–H groups in total. The Hall–Kier alpha value is -1.18. The van der Waals surface area contributed by atoms with Gasteiger partial charge in [0.25, 0.3) is 0 Å². The number of fused-ring (bicyclic) bond motifs is 5. The van der Waals surface area contributed by atoms with Crippen molar-refractivity contribution in [3.63, 3.8) is 0 Å². The first kappa shape index (κ1) is 36.7. The molecule has 0 saturated heterocycles. The number of esters is 1. The summed E-state index contributed by atoms with van der Waals surface area (Å²) in [6, 6.07) is 0. The third-order valence-electron chi connectivity index (χ3n) is 14.1. The molecule has 7 heteroatoms. The van der Waals surface area contributed by atoms with Gasteiger partial charge in [0.15, 0.2) is 0 Å². The second-order valence-electron chi connectivity index (χ2n) is 16.9. The van der Waals surface area contributed by atoms with Crippen molar-refractivity contribution in [2.75, 3.05) is 26.2 Å². The fourth-order valence-corrected chi connectivity index (χ4v) is 11.6. The smallest absolute Gasteiger partial charge is 0.302 e. The molecule has 4 fully saturated rings. The van der Waals surface area contributed by atoms with Crippen LogP contribution >= 0.6 is 0 Å². The highest BCUT2D eigenvalue weighted by atomic mass is 16.5. The van der Waals surface area contributed by atoms with Crippen LogP contribution in [0, 0.1) is 57.7 Å². The lowest BCUT2D eigenvalue weighted by molar-refractivity contribution is -0.203. The first-order chi connectivity index (χ1) is 21.3. The van der Waals surface area contributed by atoms with Gasteiger partial charge in [-0.05, 0) is 136 Å². The molecule has 0 bridgehead atoms. The third kappa shape index (κ3) is 7.46. The van der Waals surface area contributed by atoms with Gasteiger partial charge < -0.3 is 26.2 Å². The van der Waals surface area contributed by atoms with Crippen molar-refractivity contribution in [3.05, 3.63) is 0 Å². The van der Waals surface area contributed by atoms with Gasteiger partial charge in [-0.1, -0.05) is 54.4 Å². The van der Waals surface area contributed by atoms with Crippen LogP contribution in [0.25, 0.3) is 0 Å². The van der Waals surface area contributed by atoms with Gasteiger partial charge in [-0.2, -0.15) is 0 Å². The summed E-state index contributed by atoms with van der Waals surface area (Å²) in [5.41, 5.74) is 5.94. The van der Waals surface area contributed by atoms with E-state index >= 15 is 0 Å². The number of carbonyl (C=O) groups is 2. The number of unbranched alkanes of at least 4 members (excludes halogenated alkanes) is 1. The minimum atomic E-state index is -0.219. The van der Waals surface area contributed by atoms with Crippen molar-refractivity contribution in [2.45, 2.75) is 144 Å². The predicted molar refractivity (Wildman–Crippen MR) is 182 cm³/mol. The molecule has 0 aromatic heterocycles. The van der Waals surface area contributed by atoms with Crippen molar-refractivity contribution in [2.24, 2.45) is 63.4 Å². The molecule has 4 rings (SSSR count). The Balaban J connectivity index is 1.57. The Labute approximate surface area is 275 Å². The van der Waals surface area contributed by atoms with Gasteiger partial charge in [0.2, 0.25) is 5.91 Å². The number of hydrogen-bond acceptors (Lipinski definition) is 6. The van der Waals surface area contributed by atoms with Gasteiger partial charge >= 0.3 is 5.97 Å². The fraction of sp³-hybridized carbons (Fsp3) is 0.947. The number of nitrogens with two attached hydrogens (primary N) is 1. The van der Waals surface area contributed by atoms with Gasteiger partial charge in [0, 0.05) is 25.3 Å². The lowest BCUT2D eigenvalue weighted by Crippen LogP contribution is -2.62. The lowest BCUT2D eigenvalue weighted by atomic mass is 9.37. The predicted octanol–water partition coefficient (Wildman–Crippen LogP) is 6.46. The van der Waals surface area contributed by atoms with E-state index in [2.05, 4.69) is 52.2 Å². The summed E-state index contributed by atoms with van der Waals surface area (Å²) in [6.07, 6.45) is 13.0. The number of amides is 1. The maximum Gasteiger partial charge on any atom is 0.302 e. The van der Waals surface area contributed by atoms with Crippen molar-refractivity contribution in [1.82, 2.24) is 10.6 Å². The molecular weight excluding hydrogens is 562 g/mol. The number of hydrogen-bond donors (Lipinski definition) is 4. The van der Waals surface area contributed by atoms with Gasteiger partial charge in [-0.25, -0.2) is 0 Å². The van der Waals surface area contributed by atoms with Crippen molar-refractivity contribution < 1.29 is 19.4 Å². The normalized spacial score (nSPS) is 39.9. The van der Waals surface area contributed by atoms with Crippen LogP contribution in [0.1, 0.15) is 132 Å². The second-order valence-corrected chi connectivity index (χ2v) is 16.9. The van der Waals surface area contributed by atoms with Crippen LogP contribution in [-0.4, -0.2) is 55.4 Å². The van der Waals surface area contributed by atoms with E-state index in [1.807, 2.05) is 0 Å². The molecule has 3 unspecified atom stereocenters.